The highest BCUT2D eigenvalue weighted by Crippen LogP contribution is 2.27. The highest BCUT2D eigenvalue weighted by atomic mass is 79.9. The van der Waals surface area contributed by atoms with Crippen molar-refractivity contribution in [2.75, 3.05) is 31.7 Å². The second-order valence-corrected chi connectivity index (χ2v) is 6.47. The van der Waals surface area contributed by atoms with Gasteiger partial charge in [-0.15, -0.1) is 11.3 Å². The molecule has 104 valence electrons. The van der Waals surface area contributed by atoms with E-state index in [-0.39, 0.29) is 0 Å². The third-order valence-corrected chi connectivity index (χ3v) is 4.90. The number of alkyl halides is 1. The molecule has 19 heavy (non-hydrogen) atoms. The summed E-state index contributed by atoms with van der Waals surface area (Å²) >= 11 is 5.26. The van der Waals surface area contributed by atoms with Crippen LogP contribution in [0.5, 0.6) is 0 Å². The third-order valence-electron chi connectivity index (χ3n) is 3.61. The van der Waals surface area contributed by atoms with Gasteiger partial charge in [-0.25, -0.2) is 4.98 Å². The molecule has 1 fully saturated rings. The summed E-state index contributed by atoms with van der Waals surface area (Å²) in [5.41, 5.74) is 1.23. The van der Waals surface area contributed by atoms with E-state index in [4.69, 9.17) is 9.72 Å². The summed E-state index contributed by atoms with van der Waals surface area (Å²) in [6.07, 6.45) is 4.53. The third kappa shape index (κ3) is 2.66. The Balaban J connectivity index is 1.79. The van der Waals surface area contributed by atoms with E-state index < -0.39 is 0 Å². The summed E-state index contributed by atoms with van der Waals surface area (Å²) in [5, 5.41) is 2.90. The molecule has 0 saturated carbocycles. The average Bonchev–Trinajstić information content (AvgIpc) is 2.99. The molecule has 3 rings (SSSR count). The number of nitrogens with zero attached hydrogens (tertiary/aromatic N) is 3. The van der Waals surface area contributed by atoms with Gasteiger partial charge in [0, 0.05) is 37.1 Å². The van der Waals surface area contributed by atoms with Gasteiger partial charge in [-0.2, -0.15) is 0 Å². The standard InChI is InChI=1S/C13H18BrN3OS/c1-16(8-10-3-2-5-18-9-10)12-11(7-14)17-4-6-19-13(17)15-12/h4,6,10H,2-3,5,7-9H2,1H3. The van der Waals surface area contributed by atoms with Crippen molar-refractivity contribution >= 4 is 38.0 Å². The van der Waals surface area contributed by atoms with E-state index in [0.29, 0.717) is 5.92 Å². The van der Waals surface area contributed by atoms with E-state index in [1.165, 1.54) is 18.5 Å². The normalized spacial score (nSPS) is 20.0. The summed E-state index contributed by atoms with van der Waals surface area (Å²) in [5.74, 6) is 1.72. The Morgan fingerprint density at radius 1 is 1.63 bits per heavy atom. The Kier molecular flexibility index (Phi) is 4.10. The number of imidazole rings is 1. The molecule has 0 aromatic carbocycles. The zero-order chi connectivity index (χ0) is 13.2. The van der Waals surface area contributed by atoms with Gasteiger partial charge >= 0.3 is 0 Å². The first kappa shape index (κ1) is 13.4. The van der Waals surface area contributed by atoms with Gasteiger partial charge in [0.25, 0.3) is 0 Å². The molecule has 4 nitrogen and oxygen atoms in total. The van der Waals surface area contributed by atoms with Gasteiger partial charge < -0.3 is 9.64 Å². The van der Waals surface area contributed by atoms with Gasteiger partial charge in [0.05, 0.1) is 12.3 Å². The van der Waals surface area contributed by atoms with Crippen molar-refractivity contribution in [3.05, 3.63) is 17.3 Å². The summed E-state index contributed by atoms with van der Waals surface area (Å²) in [6.45, 7) is 2.83. The molecule has 2 aromatic heterocycles. The Morgan fingerprint density at radius 2 is 2.53 bits per heavy atom. The maximum absolute atomic E-state index is 5.56. The van der Waals surface area contributed by atoms with Gasteiger partial charge in [0.1, 0.15) is 0 Å². The van der Waals surface area contributed by atoms with Gasteiger partial charge in [0.2, 0.25) is 0 Å². The van der Waals surface area contributed by atoms with Gasteiger partial charge in [-0.1, -0.05) is 15.9 Å². The monoisotopic (exact) mass is 343 g/mol. The molecular formula is C13H18BrN3OS. The van der Waals surface area contributed by atoms with E-state index in [2.05, 4.69) is 43.9 Å². The summed E-state index contributed by atoms with van der Waals surface area (Å²) in [4.78, 5) is 8.08. The predicted molar refractivity (Wildman–Crippen MR) is 82.5 cm³/mol. The lowest BCUT2D eigenvalue weighted by molar-refractivity contribution is 0.0576. The predicted octanol–water partition coefficient (Wildman–Crippen LogP) is 3.15. The van der Waals surface area contributed by atoms with Crippen molar-refractivity contribution in [1.82, 2.24) is 9.38 Å². The highest BCUT2D eigenvalue weighted by molar-refractivity contribution is 9.08. The molecule has 1 saturated heterocycles. The Morgan fingerprint density at radius 3 is 3.26 bits per heavy atom. The largest absolute Gasteiger partial charge is 0.381 e. The van der Waals surface area contributed by atoms with Crippen LogP contribution in [0, 0.1) is 5.92 Å². The summed E-state index contributed by atoms with van der Waals surface area (Å²) in [7, 11) is 2.13. The van der Waals surface area contributed by atoms with E-state index in [1.807, 2.05) is 0 Å². The fourth-order valence-corrected chi connectivity index (χ4v) is 3.93. The van der Waals surface area contributed by atoms with Crippen LogP contribution in [0.1, 0.15) is 18.5 Å². The molecule has 0 N–H and O–H groups in total. The van der Waals surface area contributed by atoms with Crippen LogP contribution in [0.4, 0.5) is 5.82 Å². The summed E-state index contributed by atoms with van der Waals surface area (Å²) in [6, 6.07) is 0. The minimum absolute atomic E-state index is 0.627. The van der Waals surface area contributed by atoms with Crippen LogP contribution in [0.3, 0.4) is 0 Å². The molecule has 1 aliphatic heterocycles. The molecule has 2 aromatic rings. The SMILES string of the molecule is CN(CC1CCCOC1)c1nc2sccn2c1CBr. The molecule has 0 spiro atoms. The number of fused-ring (bicyclic) bond motifs is 1. The molecule has 3 heterocycles. The van der Waals surface area contributed by atoms with Crippen molar-refractivity contribution in [2.24, 2.45) is 5.92 Å². The van der Waals surface area contributed by atoms with Crippen LogP contribution >= 0.6 is 27.3 Å². The lowest BCUT2D eigenvalue weighted by Crippen LogP contribution is -2.31. The number of ether oxygens (including phenoxy) is 1. The Bertz CT molecular complexity index is 547. The van der Waals surface area contributed by atoms with Crippen LogP contribution in [0.2, 0.25) is 0 Å². The Hall–Kier alpha value is -0.590. The summed E-state index contributed by atoms with van der Waals surface area (Å²) < 4.78 is 7.73. The van der Waals surface area contributed by atoms with Crippen molar-refractivity contribution in [1.29, 1.82) is 0 Å². The second-order valence-electron chi connectivity index (χ2n) is 5.04. The van der Waals surface area contributed by atoms with E-state index in [0.717, 1.165) is 35.9 Å². The van der Waals surface area contributed by atoms with Crippen molar-refractivity contribution in [3.8, 4) is 0 Å². The maximum Gasteiger partial charge on any atom is 0.195 e. The van der Waals surface area contributed by atoms with Gasteiger partial charge in [-0.05, 0) is 18.8 Å². The first-order chi connectivity index (χ1) is 9.29. The molecule has 1 aliphatic rings. The van der Waals surface area contributed by atoms with E-state index in [9.17, 15) is 0 Å². The zero-order valence-electron chi connectivity index (χ0n) is 11.0. The van der Waals surface area contributed by atoms with Crippen molar-refractivity contribution < 1.29 is 4.74 Å². The second kappa shape index (κ2) is 5.81. The fourth-order valence-electron chi connectivity index (χ4n) is 2.68. The zero-order valence-corrected chi connectivity index (χ0v) is 13.4. The molecule has 1 unspecified atom stereocenters. The number of anilines is 1. The number of rotatable bonds is 4. The molecule has 6 heteroatoms. The van der Waals surface area contributed by atoms with Crippen molar-refractivity contribution in [3.63, 3.8) is 0 Å². The first-order valence-corrected chi connectivity index (χ1v) is 8.59. The van der Waals surface area contributed by atoms with Gasteiger partial charge in [-0.3, -0.25) is 4.40 Å². The van der Waals surface area contributed by atoms with Crippen LogP contribution < -0.4 is 4.90 Å². The lowest BCUT2D eigenvalue weighted by Gasteiger charge is -2.27. The molecule has 0 aliphatic carbocycles. The molecule has 1 atom stereocenters. The highest BCUT2D eigenvalue weighted by Gasteiger charge is 2.20. The minimum atomic E-state index is 0.627. The molecule has 0 radical (unpaired) electrons. The first-order valence-electron chi connectivity index (χ1n) is 6.59. The van der Waals surface area contributed by atoms with Crippen LogP contribution in [0.15, 0.2) is 11.6 Å². The Labute approximate surface area is 125 Å². The lowest BCUT2D eigenvalue weighted by atomic mass is 10.0. The number of halogens is 1. The number of hydrogen-bond donors (Lipinski definition) is 0. The topological polar surface area (TPSA) is 29.8 Å². The molecule has 0 amide bonds. The molecule has 0 bridgehead atoms. The maximum atomic E-state index is 5.56. The molecular weight excluding hydrogens is 326 g/mol. The average molecular weight is 344 g/mol. The van der Waals surface area contributed by atoms with E-state index >= 15 is 0 Å². The quantitative estimate of drug-likeness (QED) is 0.798. The van der Waals surface area contributed by atoms with Crippen molar-refractivity contribution in [2.45, 2.75) is 18.2 Å². The van der Waals surface area contributed by atoms with Gasteiger partial charge in [0.15, 0.2) is 10.8 Å². The van der Waals surface area contributed by atoms with Crippen LogP contribution in [-0.2, 0) is 10.1 Å². The fraction of sp³-hybridized carbons (Fsp3) is 0.615. The minimum Gasteiger partial charge on any atom is -0.381 e. The smallest absolute Gasteiger partial charge is 0.195 e. The van der Waals surface area contributed by atoms with Crippen LogP contribution in [0.25, 0.3) is 4.96 Å². The van der Waals surface area contributed by atoms with E-state index in [1.54, 1.807) is 11.3 Å². The van der Waals surface area contributed by atoms with Crippen LogP contribution in [-0.4, -0.2) is 36.2 Å². The number of aromatic nitrogens is 2. The number of hydrogen-bond acceptors (Lipinski definition) is 4. The number of thiazole rings is 1.